The second-order valence-corrected chi connectivity index (χ2v) is 4.67. The zero-order chi connectivity index (χ0) is 10.4. The third kappa shape index (κ3) is 5.71. The van der Waals surface area contributed by atoms with Crippen molar-refractivity contribution in [2.45, 2.75) is 20.3 Å². The molecule has 1 atom stereocenters. The SMILES string of the molecule is CCOCCN(C)CC1(C)CCNC1.Cl. The summed E-state index contributed by atoms with van der Waals surface area (Å²) >= 11 is 0. The molecule has 0 aliphatic carbocycles. The molecule has 1 rings (SSSR count). The minimum absolute atomic E-state index is 0. The molecule has 0 aromatic rings. The number of likely N-dealkylation sites (N-methyl/N-ethyl adjacent to an activating group) is 1. The van der Waals surface area contributed by atoms with Gasteiger partial charge in [-0.05, 0) is 32.4 Å². The summed E-state index contributed by atoms with van der Waals surface area (Å²) in [6, 6.07) is 0. The zero-order valence-electron chi connectivity index (χ0n) is 10.2. The van der Waals surface area contributed by atoms with E-state index in [0.29, 0.717) is 5.41 Å². The standard InChI is InChI=1S/C11H24N2O.ClH/c1-4-14-8-7-13(3)10-11(2)5-6-12-9-11;/h12H,4-10H2,1-3H3;1H. The minimum Gasteiger partial charge on any atom is -0.380 e. The number of halogens is 1. The Morgan fingerprint density at radius 1 is 1.47 bits per heavy atom. The largest absolute Gasteiger partial charge is 0.380 e. The van der Waals surface area contributed by atoms with Gasteiger partial charge in [0.25, 0.3) is 0 Å². The number of nitrogens with one attached hydrogen (secondary N) is 1. The fraction of sp³-hybridized carbons (Fsp3) is 1.00. The molecule has 0 radical (unpaired) electrons. The maximum absolute atomic E-state index is 5.34. The molecular weight excluding hydrogens is 212 g/mol. The van der Waals surface area contributed by atoms with E-state index in [1.54, 1.807) is 0 Å². The second kappa shape index (κ2) is 7.44. The molecule has 4 heteroatoms. The molecular formula is C11H25ClN2O. The normalized spacial score (nSPS) is 25.6. The molecule has 0 spiro atoms. The van der Waals surface area contributed by atoms with Crippen LogP contribution in [0.2, 0.25) is 0 Å². The van der Waals surface area contributed by atoms with Gasteiger partial charge >= 0.3 is 0 Å². The van der Waals surface area contributed by atoms with Gasteiger partial charge in [0, 0.05) is 26.2 Å². The second-order valence-electron chi connectivity index (χ2n) is 4.67. The van der Waals surface area contributed by atoms with Gasteiger partial charge in [0.2, 0.25) is 0 Å². The van der Waals surface area contributed by atoms with Crippen LogP contribution in [0.3, 0.4) is 0 Å². The van der Waals surface area contributed by atoms with Crippen molar-refractivity contribution >= 4 is 12.4 Å². The van der Waals surface area contributed by atoms with Gasteiger partial charge < -0.3 is 15.0 Å². The fourth-order valence-electron chi connectivity index (χ4n) is 2.10. The van der Waals surface area contributed by atoms with Gasteiger partial charge in [-0.25, -0.2) is 0 Å². The molecule has 0 bridgehead atoms. The van der Waals surface area contributed by atoms with Crippen LogP contribution >= 0.6 is 12.4 Å². The zero-order valence-corrected chi connectivity index (χ0v) is 11.0. The highest BCUT2D eigenvalue weighted by Gasteiger charge is 2.29. The van der Waals surface area contributed by atoms with E-state index in [1.807, 2.05) is 6.92 Å². The van der Waals surface area contributed by atoms with Gasteiger partial charge in [0.1, 0.15) is 0 Å². The molecule has 0 saturated carbocycles. The lowest BCUT2D eigenvalue weighted by Gasteiger charge is -2.29. The number of hydrogen-bond donors (Lipinski definition) is 1. The summed E-state index contributed by atoms with van der Waals surface area (Å²) in [6.45, 7) is 10.6. The molecule has 1 fully saturated rings. The average Bonchev–Trinajstić information content (AvgIpc) is 2.52. The van der Waals surface area contributed by atoms with Gasteiger partial charge in [-0.3, -0.25) is 0 Å². The molecule has 3 nitrogen and oxygen atoms in total. The highest BCUT2D eigenvalue weighted by atomic mass is 35.5. The summed E-state index contributed by atoms with van der Waals surface area (Å²) in [5.74, 6) is 0. The molecule has 1 N–H and O–H groups in total. The van der Waals surface area contributed by atoms with Crippen LogP contribution in [-0.4, -0.2) is 51.3 Å². The molecule has 1 aliphatic rings. The van der Waals surface area contributed by atoms with Crippen molar-refractivity contribution in [2.75, 3.05) is 46.4 Å². The van der Waals surface area contributed by atoms with E-state index in [1.165, 1.54) is 19.5 Å². The molecule has 0 aromatic heterocycles. The van der Waals surface area contributed by atoms with Crippen molar-refractivity contribution in [3.05, 3.63) is 0 Å². The number of rotatable bonds is 6. The first-order valence-corrected chi connectivity index (χ1v) is 5.63. The summed E-state index contributed by atoms with van der Waals surface area (Å²) in [7, 11) is 2.18. The molecule has 1 saturated heterocycles. The van der Waals surface area contributed by atoms with Crippen molar-refractivity contribution in [1.29, 1.82) is 0 Å². The van der Waals surface area contributed by atoms with Crippen LogP contribution in [0.25, 0.3) is 0 Å². The van der Waals surface area contributed by atoms with Crippen LogP contribution in [0.4, 0.5) is 0 Å². The molecule has 0 aromatic carbocycles. The Hall–Kier alpha value is 0.170. The first-order valence-electron chi connectivity index (χ1n) is 5.63. The summed E-state index contributed by atoms with van der Waals surface area (Å²) in [6.07, 6.45) is 1.30. The van der Waals surface area contributed by atoms with E-state index < -0.39 is 0 Å². The Labute approximate surface area is 100.0 Å². The lowest BCUT2D eigenvalue weighted by molar-refractivity contribution is 0.107. The van der Waals surface area contributed by atoms with E-state index in [0.717, 1.165) is 26.3 Å². The number of ether oxygens (including phenoxy) is 1. The van der Waals surface area contributed by atoms with Crippen LogP contribution in [0.5, 0.6) is 0 Å². The van der Waals surface area contributed by atoms with Gasteiger partial charge in [-0.1, -0.05) is 6.92 Å². The Kier molecular flexibility index (Phi) is 7.53. The highest BCUT2D eigenvalue weighted by Crippen LogP contribution is 2.24. The van der Waals surface area contributed by atoms with Crippen molar-refractivity contribution in [2.24, 2.45) is 5.41 Å². The van der Waals surface area contributed by atoms with Crippen LogP contribution in [0.15, 0.2) is 0 Å². The molecule has 0 amide bonds. The third-order valence-corrected chi connectivity index (χ3v) is 2.93. The maximum atomic E-state index is 5.34. The first kappa shape index (κ1) is 15.2. The molecule has 1 aliphatic heterocycles. The Bertz CT molecular complexity index is 161. The minimum atomic E-state index is 0. The summed E-state index contributed by atoms with van der Waals surface area (Å²) in [5.41, 5.74) is 0.473. The summed E-state index contributed by atoms with van der Waals surface area (Å²) < 4.78 is 5.34. The quantitative estimate of drug-likeness (QED) is 0.706. The summed E-state index contributed by atoms with van der Waals surface area (Å²) in [5, 5.41) is 3.43. The molecule has 92 valence electrons. The Morgan fingerprint density at radius 3 is 2.73 bits per heavy atom. The molecule has 1 unspecified atom stereocenters. The van der Waals surface area contributed by atoms with Crippen molar-refractivity contribution in [3.63, 3.8) is 0 Å². The predicted octanol–water partition coefficient (Wildman–Crippen LogP) is 1.38. The monoisotopic (exact) mass is 236 g/mol. The number of nitrogens with zero attached hydrogens (tertiary/aromatic N) is 1. The predicted molar refractivity (Wildman–Crippen MR) is 66.8 cm³/mol. The third-order valence-electron chi connectivity index (χ3n) is 2.93. The fourth-order valence-corrected chi connectivity index (χ4v) is 2.10. The maximum Gasteiger partial charge on any atom is 0.0593 e. The van der Waals surface area contributed by atoms with Gasteiger partial charge in [-0.2, -0.15) is 0 Å². The van der Waals surface area contributed by atoms with E-state index in [9.17, 15) is 0 Å². The van der Waals surface area contributed by atoms with Crippen LogP contribution in [-0.2, 0) is 4.74 Å². The van der Waals surface area contributed by atoms with Gasteiger partial charge in [0.15, 0.2) is 0 Å². The Balaban J connectivity index is 0.00000196. The topological polar surface area (TPSA) is 24.5 Å². The Morgan fingerprint density at radius 2 is 2.20 bits per heavy atom. The average molecular weight is 237 g/mol. The molecule has 15 heavy (non-hydrogen) atoms. The van der Waals surface area contributed by atoms with Gasteiger partial charge in [0.05, 0.1) is 6.61 Å². The smallest absolute Gasteiger partial charge is 0.0593 e. The van der Waals surface area contributed by atoms with Crippen molar-refractivity contribution in [3.8, 4) is 0 Å². The van der Waals surface area contributed by atoms with Crippen molar-refractivity contribution in [1.82, 2.24) is 10.2 Å². The van der Waals surface area contributed by atoms with E-state index in [2.05, 4.69) is 24.2 Å². The summed E-state index contributed by atoms with van der Waals surface area (Å²) in [4.78, 5) is 2.38. The van der Waals surface area contributed by atoms with E-state index in [-0.39, 0.29) is 12.4 Å². The first-order chi connectivity index (χ1) is 6.66. The lowest BCUT2D eigenvalue weighted by Crippen LogP contribution is -2.36. The van der Waals surface area contributed by atoms with Crippen LogP contribution < -0.4 is 5.32 Å². The van der Waals surface area contributed by atoms with Gasteiger partial charge in [-0.15, -0.1) is 12.4 Å². The number of hydrogen-bond acceptors (Lipinski definition) is 3. The van der Waals surface area contributed by atoms with E-state index >= 15 is 0 Å². The highest BCUT2D eigenvalue weighted by molar-refractivity contribution is 5.85. The van der Waals surface area contributed by atoms with Crippen LogP contribution in [0.1, 0.15) is 20.3 Å². The van der Waals surface area contributed by atoms with E-state index in [4.69, 9.17) is 4.74 Å². The van der Waals surface area contributed by atoms with Crippen molar-refractivity contribution < 1.29 is 4.74 Å². The molecule has 1 heterocycles. The lowest BCUT2D eigenvalue weighted by atomic mass is 9.89. The van der Waals surface area contributed by atoms with Crippen LogP contribution in [0, 0.1) is 5.41 Å².